The molecule has 1 aromatic carbocycles. The van der Waals surface area contributed by atoms with Crippen molar-refractivity contribution in [3.05, 3.63) is 29.3 Å². The molecule has 5 heteroatoms. The lowest BCUT2D eigenvalue weighted by molar-refractivity contribution is -0.142. The van der Waals surface area contributed by atoms with Crippen molar-refractivity contribution < 1.29 is 14.3 Å². The first-order chi connectivity index (χ1) is 8.56. The van der Waals surface area contributed by atoms with Crippen LogP contribution in [0.1, 0.15) is 29.3 Å². The molecular formula is C13H18N2O3. The second kappa shape index (κ2) is 6.64. The van der Waals surface area contributed by atoms with Crippen LogP contribution in [0.3, 0.4) is 0 Å². The minimum atomic E-state index is -0.318. The van der Waals surface area contributed by atoms with Crippen molar-refractivity contribution in [3.8, 4) is 0 Å². The van der Waals surface area contributed by atoms with Crippen molar-refractivity contribution in [2.75, 3.05) is 18.9 Å². The topological polar surface area (TPSA) is 81.4 Å². The Labute approximate surface area is 106 Å². The number of benzene rings is 1. The van der Waals surface area contributed by atoms with Gasteiger partial charge in [-0.1, -0.05) is 6.07 Å². The third-order valence-electron chi connectivity index (χ3n) is 2.54. The fourth-order valence-corrected chi connectivity index (χ4v) is 1.51. The summed E-state index contributed by atoms with van der Waals surface area (Å²) < 4.78 is 4.76. The van der Waals surface area contributed by atoms with Crippen molar-refractivity contribution in [2.24, 2.45) is 0 Å². The van der Waals surface area contributed by atoms with Gasteiger partial charge >= 0.3 is 5.97 Å². The number of carbonyl (C=O) groups is 2. The minimum Gasteiger partial charge on any atom is -0.466 e. The Morgan fingerprint density at radius 3 is 2.78 bits per heavy atom. The molecule has 0 fully saturated rings. The highest BCUT2D eigenvalue weighted by molar-refractivity contribution is 5.97. The number of esters is 1. The van der Waals surface area contributed by atoms with Gasteiger partial charge in [-0.05, 0) is 31.5 Å². The Morgan fingerprint density at radius 1 is 1.39 bits per heavy atom. The van der Waals surface area contributed by atoms with Crippen LogP contribution >= 0.6 is 0 Å². The van der Waals surface area contributed by atoms with E-state index in [0.29, 0.717) is 17.9 Å². The number of nitrogens with one attached hydrogen (secondary N) is 1. The Bertz CT molecular complexity index is 444. The van der Waals surface area contributed by atoms with Gasteiger partial charge in [-0.25, -0.2) is 0 Å². The highest BCUT2D eigenvalue weighted by Gasteiger charge is 2.10. The molecule has 0 aliphatic carbocycles. The molecule has 0 aliphatic rings. The first kappa shape index (κ1) is 14.0. The molecule has 1 rings (SSSR count). The van der Waals surface area contributed by atoms with E-state index in [2.05, 4.69) is 5.32 Å². The SMILES string of the molecule is CCOC(=O)CCNC(=O)c1cccc(N)c1C. The molecule has 1 aromatic rings. The second-order valence-corrected chi connectivity index (χ2v) is 3.83. The zero-order valence-corrected chi connectivity index (χ0v) is 10.7. The molecule has 0 aliphatic heterocycles. The number of carbonyl (C=O) groups excluding carboxylic acids is 2. The third-order valence-corrected chi connectivity index (χ3v) is 2.54. The lowest BCUT2D eigenvalue weighted by atomic mass is 10.1. The van der Waals surface area contributed by atoms with Gasteiger partial charge in [-0.15, -0.1) is 0 Å². The summed E-state index contributed by atoms with van der Waals surface area (Å²) in [6.45, 7) is 4.13. The predicted molar refractivity (Wildman–Crippen MR) is 69.2 cm³/mol. The molecule has 1 amide bonds. The fourth-order valence-electron chi connectivity index (χ4n) is 1.51. The van der Waals surface area contributed by atoms with Crippen LogP contribution in [0.5, 0.6) is 0 Å². The quantitative estimate of drug-likeness (QED) is 0.609. The van der Waals surface area contributed by atoms with Crippen molar-refractivity contribution in [1.82, 2.24) is 5.32 Å². The standard InChI is InChI=1S/C13H18N2O3/c1-3-18-12(16)7-8-15-13(17)10-5-4-6-11(14)9(10)2/h4-6H,3,7-8,14H2,1-2H3,(H,15,17). The molecule has 0 bridgehead atoms. The fraction of sp³-hybridized carbons (Fsp3) is 0.385. The first-order valence-corrected chi connectivity index (χ1v) is 5.85. The lowest BCUT2D eigenvalue weighted by Gasteiger charge is -2.09. The van der Waals surface area contributed by atoms with Gasteiger partial charge in [0.2, 0.25) is 0 Å². The highest BCUT2D eigenvalue weighted by atomic mass is 16.5. The van der Waals surface area contributed by atoms with Gasteiger partial charge in [-0.2, -0.15) is 0 Å². The minimum absolute atomic E-state index is 0.168. The van der Waals surface area contributed by atoms with E-state index in [1.54, 1.807) is 32.0 Å². The third kappa shape index (κ3) is 3.76. The van der Waals surface area contributed by atoms with Crippen LogP contribution in [0, 0.1) is 6.92 Å². The zero-order valence-electron chi connectivity index (χ0n) is 10.7. The Morgan fingerprint density at radius 2 is 2.11 bits per heavy atom. The molecule has 3 N–H and O–H groups in total. The molecule has 5 nitrogen and oxygen atoms in total. The summed E-state index contributed by atoms with van der Waals surface area (Å²) in [5.41, 5.74) is 7.57. The van der Waals surface area contributed by atoms with Crippen LogP contribution in [0.15, 0.2) is 18.2 Å². The maximum Gasteiger partial charge on any atom is 0.307 e. The number of amides is 1. The van der Waals surface area contributed by atoms with Gasteiger partial charge in [0.05, 0.1) is 13.0 Å². The lowest BCUT2D eigenvalue weighted by Crippen LogP contribution is -2.27. The van der Waals surface area contributed by atoms with E-state index >= 15 is 0 Å². The van der Waals surface area contributed by atoms with E-state index < -0.39 is 0 Å². The Kier molecular flexibility index (Phi) is 5.17. The van der Waals surface area contributed by atoms with Crippen LogP contribution in [-0.4, -0.2) is 25.0 Å². The van der Waals surface area contributed by atoms with E-state index in [9.17, 15) is 9.59 Å². The van der Waals surface area contributed by atoms with Crippen LogP contribution in [0.2, 0.25) is 0 Å². The smallest absolute Gasteiger partial charge is 0.307 e. The van der Waals surface area contributed by atoms with E-state index in [4.69, 9.17) is 10.5 Å². The van der Waals surface area contributed by atoms with Gasteiger partial charge < -0.3 is 15.8 Å². The number of nitrogen functional groups attached to an aromatic ring is 1. The van der Waals surface area contributed by atoms with E-state index in [-0.39, 0.29) is 24.8 Å². The monoisotopic (exact) mass is 250 g/mol. The molecule has 0 saturated heterocycles. The summed E-state index contributed by atoms with van der Waals surface area (Å²) in [5.74, 6) is -0.550. The number of anilines is 1. The average Bonchev–Trinajstić information content (AvgIpc) is 2.33. The number of hydrogen-bond donors (Lipinski definition) is 2. The molecule has 0 spiro atoms. The second-order valence-electron chi connectivity index (χ2n) is 3.83. The number of ether oxygens (including phenoxy) is 1. The van der Waals surface area contributed by atoms with Crippen molar-refractivity contribution in [2.45, 2.75) is 20.3 Å². The highest BCUT2D eigenvalue weighted by Crippen LogP contribution is 2.15. The molecule has 0 atom stereocenters. The van der Waals surface area contributed by atoms with E-state index in [0.717, 1.165) is 5.56 Å². The summed E-state index contributed by atoms with van der Waals surface area (Å²) >= 11 is 0. The maximum absolute atomic E-state index is 11.8. The van der Waals surface area contributed by atoms with Crippen molar-refractivity contribution in [1.29, 1.82) is 0 Å². The molecule has 0 aromatic heterocycles. The number of rotatable bonds is 5. The number of nitrogens with two attached hydrogens (primary N) is 1. The zero-order chi connectivity index (χ0) is 13.5. The Hall–Kier alpha value is -2.04. The number of hydrogen-bond acceptors (Lipinski definition) is 4. The first-order valence-electron chi connectivity index (χ1n) is 5.85. The van der Waals surface area contributed by atoms with Crippen LogP contribution < -0.4 is 11.1 Å². The largest absolute Gasteiger partial charge is 0.466 e. The summed E-state index contributed by atoms with van der Waals surface area (Å²) in [7, 11) is 0. The van der Waals surface area contributed by atoms with E-state index in [1.807, 2.05) is 0 Å². The molecule has 0 radical (unpaired) electrons. The van der Waals surface area contributed by atoms with Gasteiger partial charge in [-0.3, -0.25) is 9.59 Å². The maximum atomic E-state index is 11.8. The molecule has 0 heterocycles. The predicted octanol–water partition coefficient (Wildman–Crippen LogP) is 1.26. The summed E-state index contributed by atoms with van der Waals surface area (Å²) in [5, 5.41) is 2.66. The normalized spacial score (nSPS) is 9.89. The molecule has 18 heavy (non-hydrogen) atoms. The van der Waals surface area contributed by atoms with Gasteiger partial charge in [0.1, 0.15) is 0 Å². The van der Waals surface area contributed by atoms with Gasteiger partial charge in [0.15, 0.2) is 0 Å². The summed E-state index contributed by atoms with van der Waals surface area (Å²) in [6, 6.07) is 5.17. The molecule has 0 unspecified atom stereocenters. The summed E-state index contributed by atoms with van der Waals surface area (Å²) in [6.07, 6.45) is 0.168. The van der Waals surface area contributed by atoms with Crippen LogP contribution in [-0.2, 0) is 9.53 Å². The van der Waals surface area contributed by atoms with Gasteiger partial charge in [0.25, 0.3) is 5.91 Å². The van der Waals surface area contributed by atoms with Crippen molar-refractivity contribution >= 4 is 17.6 Å². The summed E-state index contributed by atoms with van der Waals surface area (Å²) in [4.78, 5) is 22.9. The average molecular weight is 250 g/mol. The van der Waals surface area contributed by atoms with Crippen molar-refractivity contribution in [3.63, 3.8) is 0 Å². The Balaban J connectivity index is 2.51. The molecule has 0 saturated carbocycles. The molecular weight excluding hydrogens is 232 g/mol. The van der Waals surface area contributed by atoms with Gasteiger partial charge in [0, 0.05) is 17.8 Å². The van der Waals surface area contributed by atoms with Crippen LogP contribution in [0.25, 0.3) is 0 Å². The molecule has 98 valence electrons. The van der Waals surface area contributed by atoms with Crippen LogP contribution in [0.4, 0.5) is 5.69 Å². The van der Waals surface area contributed by atoms with E-state index in [1.165, 1.54) is 0 Å².